The van der Waals surface area contributed by atoms with Crippen LogP contribution in [0.4, 0.5) is 5.69 Å². The third-order valence-corrected chi connectivity index (χ3v) is 5.05. The average molecular weight is 407 g/mol. The number of nitrogens with one attached hydrogen (secondary N) is 1. The molecule has 5 nitrogen and oxygen atoms in total. The van der Waals surface area contributed by atoms with E-state index in [9.17, 15) is 4.79 Å². The Labute approximate surface area is 178 Å². The van der Waals surface area contributed by atoms with Crippen LogP contribution >= 0.6 is 0 Å². The predicted octanol–water partition coefficient (Wildman–Crippen LogP) is 5.76. The first kappa shape index (κ1) is 21.5. The van der Waals surface area contributed by atoms with Gasteiger partial charge in [0.2, 0.25) is 0 Å². The predicted molar refractivity (Wildman–Crippen MR) is 121 cm³/mol. The van der Waals surface area contributed by atoms with Gasteiger partial charge in [-0.25, -0.2) is 0 Å². The summed E-state index contributed by atoms with van der Waals surface area (Å²) in [6.07, 6.45) is 0.836. The summed E-state index contributed by atoms with van der Waals surface area (Å²) in [5.41, 5.74) is 3.37. The molecular weight excluding hydrogens is 376 g/mol. The number of nitrogens with zero attached hydrogens (tertiary/aromatic N) is 1. The zero-order chi connectivity index (χ0) is 21.5. The third-order valence-electron chi connectivity index (χ3n) is 5.05. The molecule has 0 saturated heterocycles. The fraction of sp³-hybridized carbons (Fsp3) is 0.320. The van der Waals surface area contributed by atoms with Gasteiger partial charge in [-0.3, -0.25) is 4.79 Å². The number of aryl methyl sites for hydroxylation is 1. The van der Waals surface area contributed by atoms with Gasteiger partial charge in [-0.05, 0) is 54.7 Å². The van der Waals surface area contributed by atoms with Crippen LogP contribution in [-0.2, 0) is 0 Å². The minimum absolute atomic E-state index is 0.236. The highest BCUT2D eigenvalue weighted by Gasteiger charge is 2.13. The van der Waals surface area contributed by atoms with Gasteiger partial charge in [0.25, 0.3) is 11.9 Å². The molecule has 0 spiro atoms. The molecule has 30 heavy (non-hydrogen) atoms. The number of rotatable bonds is 9. The topological polar surface area (TPSA) is 54.7 Å². The van der Waals surface area contributed by atoms with Crippen molar-refractivity contribution in [2.24, 2.45) is 0 Å². The maximum absolute atomic E-state index is 12.4. The van der Waals surface area contributed by atoms with Crippen molar-refractivity contribution in [2.45, 2.75) is 33.1 Å². The molecule has 1 aromatic heterocycles. The monoisotopic (exact) mass is 406 g/mol. The first-order valence-electron chi connectivity index (χ1n) is 10.4. The van der Waals surface area contributed by atoms with Crippen LogP contribution in [0.3, 0.4) is 0 Å². The van der Waals surface area contributed by atoms with Gasteiger partial charge in [0, 0.05) is 31.9 Å². The van der Waals surface area contributed by atoms with Crippen LogP contribution in [-0.4, -0.2) is 26.0 Å². The highest BCUT2D eigenvalue weighted by atomic mass is 16.6. The van der Waals surface area contributed by atoms with Gasteiger partial charge in [-0.15, -0.1) is 0 Å². The van der Waals surface area contributed by atoms with Gasteiger partial charge < -0.3 is 19.4 Å². The summed E-state index contributed by atoms with van der Waals surface area (Å²) < 4.78 is 11.5. The lowest BCUT2D eigenvalue weighted by molar-refractivity contribution is 0.0920. The Kier molecular flexibility index (Phi) is 7.17. The lowest BCUT2D eigenvalue weighted by atomic mass is 10.0. The van der Waals surface area contributed by atoms with Crippen molar-refractivity contribution in [2.75, 3.05) is 25.0 Å². The second kappa shape index (κ2) is 10.0. The minimum Gasteiger partial charge on any atom is -0.426 e. The third kappa shape index (κ3) is 5.66. The number of hydrogen-bond acceptors (Lipinski definition) is 4. The lowest BCUT2D eigenvalue weighted by Crippen LogP contribution is -2.27. The van der Waals surface area contributed by atoms with Crippen molar-refractivity contribution in [1.82, 2.24) is 5.32 Å². The highest BCUT2D eigenvalue weighted by Crippen LogP contribution is 2.29. The molecule has 1 amide bonds. The molecule has 158 valence electrons. The van der Waals surface area contributed by atoms with Crippen LogP contribution in [0.15, 0.2) is 65.1 Å². The molecule has 0 aliphatic rings. The van der Waals surface area contributed by atoms with E-state index < -0.39 is 0 Å². The molecule has 0 bridgehead atoms. The largest absolute Gasteiger partial charge is 0.426 e. The van der Waals surface area contributed by atoms with E-state index in [-0.39, 0.29) is 11.7 Å². The number of carbonyl (C=O) groups excluding carboxylic acids is 1. The average Bonchev–Trinajstić information content (AvgIpc) is 3.21. The molecule has 1 N–H and O–H groups in total. The fourth-order valence-corrected chi connectivity index (χ4v) is 3.11. The van der Waals surface area contributed by atoms with E-state index in [1.165, 1.54) is 5.56 Å². The zero-order valence-electron chi connectivity index (χ0n) is 18.1. The van der Waals surface area contributed by atoms with Crippen molar-refractivity contribution in [3.8, 4) is 11.7 Å². The van der Waals surface area contributed by atoms with Crippen LogP contribution in [0.5, 0.6) is 11.7 Å². The Morgan fingerprint density at radius 3 is 2.60 bits per heavy atom. The molecule has 0 atom stereocenters. The maximum atomic E-state index is 12.4. The standard InChI is InChI=1S/C25H30N2O3/c1-18(2)20-12-11-19(3)23(17-20)30-24-14-13-22(29-24)25(28)26-15-8-16-27(4)21-9-6-5-7-10-21/h5-7,9-14,17-18H,8,15-16H2,1-4H3,(H,26,28). The SMILES string of the molecule is Cc1ccc(C(C)C)cc1Oc1ccc(C(=O)NCCCN(C)c2ccccc2)o1. The minimum atomic E-state index is -0.236. The smallest absolute Gasteiger partial charge is 0.290 e. The Balaban J connectivity index is 1.50. The van der Waals surface area contributed by atoms with Crippen LogP contribution in [0, 0.1) is 6.92 Å². The number of ether oxygens (including phenoxy) is 1. The van der Waals surface area contributed by atoms with E-state index in [4.69, 9.17) is 9.15 Å². The zero-order valence-corrected chi connectivity index (χ0v) is 18.1. The van der Waals surface area contributed by atoms with E-state index in [0.717, 1.165) is 30.0 Å². The van der Waals surface area contributed by atoms with E-state index in [0.29, 0.717) is 18.4 Å². The first-order chi connectivity index (χ1) is 14.4. The number of para-hydroxylation sites is 1. The van der Waals surface area contributed by atoms with Gasteiger partial charge >= 0.3 is 0 Å². The number of carbonyl (C=O) groups is 1. The van der Waals surface area contributed by atoms with E-state index >= 15 is 0 Å². The van der Waals surface area contributed by atoms with Crippen LogP contribution in [0.1, 0.15) is 47.9 Å². The van der Waals surface area contributed by atoms with Crippen molar-refractivity contribution in [1.29, 1.82) is 0 Å². The van der Waals surface area contributed by atoms with E-state index in [1.807, 2.05) is 44.3 Å². The molecule has 0 fully saturated rings. The van der Waals surface area contributed by atoms with Crippen molar-refractivity contribution < 1.29 is 13.9 Å². The molecule has 5 heteroatoms. The number of anilines is 1. The molecule has 0 unspecified atom stereocenters. The highest BCUT2D eigenvalue weighted by molar-refractivity contribution is 5.91. The lowest BCUT2D eigenvalue weighted by Gasteiger charge is -2.19. The summed E-state index contributed by atoms with van der Waals surface area (Å²) in [6, 6.07) is 19.7. The van der Waals surface area contributed by atoms with Gasteiger partial charge in [0.05, 0.1) is 0 Å². The Morgan fingerprint density at radius 2 is 1.87 bits per heavy atom. The summed E-state index contributed by atoms with van der Waals surface area (Å²) in [7, 11) is 2.05. The summed E-state index contributed by atoms with van der Waals surface area (Å²) in [4.78, 5) is 14.5. The number of benzene rings is 2. The molecule has 0 radical (unpaired) electrons. The first-order valence-corrected chi connectivity index (χ1v) is 10.4. The number of amides is 1. The molecule has 3 rings (SSSR count). The number of hydrogen-bond donors (Lipinski definition) is 1. The van der Waals surface area contributed by atoms with Crippen molar-refractivity contribution >= 4 is 11.6 Å². The molecular formula is C25H30N2O3. The van der Waals surface area contributed by atoms with Crippen LogP contribution < -0.4 is 15.0 Å². The summed E-state index contributed by atoms with van der Waals surface area (Å²) >= 11 is 0. The van der Waals surface area contributed by atoms with Gasteiger partial charge in [-0.1, -0.05) is 44.2 Å². The molecule has 3 aromatic rings. The van der Waals surface area contributed by atoms with Gasteiger partial charge in [-0.2, -0.15) is 0 Å². The molecule has 1 heterocycles. The van der Waals surface area contributed by atoms with Crippen molar-refractivity contribution in [3.05, 3.63) is 77.6 Å². The summed E-state index contributed by atoms with van der Waals surface area (Å²) in [5, 5.41) is 2.90. The van der Waals surface area contributed by atoms with Gasteiger partial charge in [0.15, 0.2) is 5.76 Å². The molecule has 0 aliphatic heterocycles. The molecule has 0 aliphatic carbocycles. The normalized spacial score (nSPS) is 10.8. The fourth-order valence-electron chi connectivity index (χ4n) is 3.11. The van der Waals surface area contributed by atoms with E-state index in [1.54, 1.807) is 12.1 Å². The second-order valence-corrected chi connectivity index (χ2v) is 7.77. The second-order valence-electron chi connectivity index (χ2n) is 7.77. The molecule has 2 aromatic carbocycles. The maximum Gasteiger partial charge on any atom is 0.290 e. The Morgan fingerprint density at radius 1 is 1.10 bits per heavy atom. The van der Waals surface area contributed by atoms with Crippen LogP contribution in [0.2, 0.25) is 0 Å². The summed E-state index contributed by atoms with van der Waals surface area (Å²) in [5.74, 6) is 1.48. The molecule has 0 saturated carbocycles. The summed E-state index contributed by atoms with van der Waals surface area (Å²) in [6.45, 7) is 7.69. The number of furan rings is 1. The Bertz CT molecular complexity index is 964. The van der Waals surface area contributed by atoms with Crippen molar-refractivity contribution in [3.63, 3.8) is 0 Å². The Hall–Kier alpha value is -3.21. The van der Waals surface area contributed by atoms with Crippen LogP contribution in [0.25, 0.3) is 0 Å². The van der Waals surface area contributed by atoms with Gasteiger partial charge in [0.1, 0.15) is 5.75 Å². The quantitative estimate of drug-likeness (QED) is 0.459. The van der Waals surface area contributed by atoms with E-state index in [2.05, 4.69) is 42.3 Å².